The average molecular weight is 319 g/mol. The van der Waals surface area contributed by atoms with Gasteiger partial charge >= 0.3 is 0 Å². The van der Waals surface area contributed by atoms with Crippen molar-refractivity contribution < 1.29 is 8.42 Å². The number of anilines is 1. The van der Waals surface area contributed by atoms with Gasteiger partial charge in [0, 0.05) is 29.8 Å². The van der Waals surface area contributed by atoms with E-state index in [0.29, 0.717) is 13.1 Å². The molecule has 17 heavy (non-hydrogen) atoms. The second-order valence-corrected chi connectivity index (χ2v) is 7.46. The van der Waals surface area contributed by atoms with Crippen LogP contribution in [0.5, 0.6) is 0 Å². The summed E-state index contributed by atoms with van der Waals surface area (Å²) in [5, 5.41) is -0.445. The molecule has 1 atom stereocenters. The molecule has 1 aliphatic heterocycles. The summed E-state index contributed by atoms with van der Waals surface area (Å²) < 4.78 is 24.5. The molecule has 1 heterocycles. The summed E-state index contributed by atoms with van der Waals surface area (Å²) in [5.41, 5.74) is 6.57. The number of rotatable bonds is 2. The van der Waals surface area contributed by atoms with Crippen molar-refractivity contribution in [1.82, 2.24) is 0 Å². The first-order valence-electron chi connectivity index (χ1n) is 5.45. The van der Waals surface area contributed by atoms with Crippen LogP contribution in [0.25, 0.3) is 0 Å². The van der Waals surface area contributed by atoms with E-state index in [4.69, 9.17) is 5.73 Å². The second kappa shape index (κ2) is 4.96. The summed E-state index contributed by atoms with van der Waals surface area (Å²) in [4.78, 5) is 2.07. The van der Waals surface area contributed by atoms with E-state index in [1.165, 1.54) is 0 Å². The van der Waals surface area contributed by atoms with Crippen molar-refractivity contribution in [3.05, 3.63) is 28.7 Å². The van der Waals surface area contributed by atoms with Crippen molar-refractivity contribution in [2.75, 3.05) is 30.3 Å². The fourth-order valence-electron chi connectivity index (χ4n) is 1.96. The molecule has 1 aromatic carbocycles. The van der Waals surface area contributed by atoms with Crippen LogP contribution in [0.2, 0.25) is 0 Å². The van der Waals surface area contributed by atoms with Crippen LogP contribution in [-0.2, 0) is 9.84 Å². The molecule has 6 heteroatoms. The zero-order valence-corrected chi connectivity index (χ0v) is 11.7. The number of halogens is 1. The largest absolute Gasteiger partial charge is 0.369 e. The van der Waals surface area contributed by atoms with Crippen LogP contribution in [0.3, 0.4) is 0 Å². The standard InChI is InChI=1S/C11H15BrN2O2S/c12-9-1-3-10(4-2-9)14-5-6-17(15,16)11(7-13)8-14/h1-4,11H,5-8,13H2. The third-order valence-corrected chi connectivity index (χ3v) is 5.67. The zero-order valence-electron chi connectivity index (χ0n) is 9.34. The smallest absolute Gasteiger partial charge is 0.157 e. The SMILES string of the molecule is NCC1CN(c2ccc(Br)cc2)CCS1(=O)=O. The molecule has 1 fully saturated rings. The molecule has 0 bridgehead atoms. The van der Waals surface area contributed by atoms with Gasteiger partial charge < -0.3 is 10.6 Å². The van der Waals surface area contributed by atoms with Crippen molar-refractivity contribution in [3.8, 4) is 0 Å². The van der Waals surface area contributed by atoms with E-state index in [2.05, 4.69) is 20.8 Å². The third-order valence-electron chi connectivity index (χ3n) is 3.03. The quantitative estimate of drug-likeness (QED) is 0.884. The Labute approximate surface area is 110 Å². The summed E-state index contributed by atoms with van der Waals surface area (Å²) in [6.07, 6.45) is 0. The highest BCUT2D eigenvalue weighted by atomic mass is 79.9. The number of hydrogen-bond donors (Lipinski definition) is 1. The van der Waals surface area contributed by atoms with Crippen molar-refractivity contribution in [2.45, 2.75) is 5.25 Å². The number of hydrogen-bond acceptors (Lipinski definition) is 4. The van der Waals surface area contributed by atoms with E-state index in [-0.39, 0.29) is 12.3 Å². The van der Waals surface area contributed by atoms with Crippen LogP contribution in [0.15, 0.2) is 28.7 Å². The Morgan fingerprint density at radius 1 is 1.35 bits per heavy atom. The van der Waals surface area contributed by atoms with Gasteiger partial charge in [0.1, 0.15) is 0 Å². The Bertz CT molecular complexity index is 487. The van der Waals surface area contributed by atoms with Gasteiger partial charge in [0.25, 0.3) is 0 Å². The van der Waals surface area contributed by atoms with Gasteiger partial charge in [0.05, 0.1) is 11.0 Å². The van der Waals surface area contributed by atoms with Crippen molar-refractivity contribution in [3.63, 3.8) is 0 Å². The highest BCUT2D eigenvalue weighted by Crippen LogP contribution is 2.22. The lowest BCUT2D eigenvalue weighted by Gasteiger charge is -2.33. The van der Waals surface area contributed by atoms with E-state index >= 15 is 0 Å². The minimum atomic E-state index is -3.00. The summed E-state index contributed by atoms with van der Waals surface area (Å²) >= 11 is 3.38. The molecule has 2 rings (SSSR count). The predicted molar refractivity (Wildman–Crippen MR) is 73.0 cm³/mol. The minimum Gasteiger partial charge on any atom is -0.369 e. The Morgan fingerprint density at radius 3 is 2.59 bits per heavy atom. The van der Waals surface area contributed by atoms with E-state index < -0.39 is 15.1 Å². The van der Waals surface area contributed by atoms with Gasteiger partial charge in [-0.3, -0.25) is 0 Å². The summed E-state index contributed by atoms with van der Waals surface area (Å²) in [6.45, 7) is 1.22. The van der Waals surface area contributed by atoms with Crippen LogP contribution in [0, 0.1) is 0 Å². The Morgan fingerprint density at radius 2 is 2.00 bits per heavy atom. The first-order valence-corrected chi connectivity index (χ1v) is 7.96. The number of benzene rings is 1. The van der Waals surface area contributed by atoms with Crippen molar-refractivity contribution >= 4 is 31.5 Å². The molecule has 1 saturated heterocycles. The minimum absolute atomic E-state index is 0.185. The van der Waals surface area contributed by atoms with Gasteiger partial charge in [0.2, 0.25) is 0 Å². The van der Waals surface area contributed by atoms with E-state index in [0.717, 1.165) is 10.2 Å². The fourth-order valence-corrected chi connectivity index (χ4v) is 3.74. The van der Waals surface area contributed by atoms with Crippen LogP contribution in [0.4, 0.5) is 5.69 Å². The predicted octanol–water partition coefficient (Wildman–Crippen LogP) is 1.01. The van der Waals surface area contributed by atoms with Crippen molar-refractivity contribution in [2.24, 2.45) is 5.73 Å². The lowest BCUT2D eigenvalue weighted by molar-refractivity contribution is 0.563. The molecule has 0 amide bonds. The fraction of sp³-hybridized carbons (Fsp3) is 0.455. The van der Waals surface area contributed by atoms with Gasteiger partial charge in [-0.15, -0.1) is 0 Å². The highest BCUT2D eigenvalue weighted by molar-refractivity contribution is 9.10. The van der Waals surface area contributed by atoms with Gasteiger partial charge in [0.15, 0.2) is 9.84 Å². The normalized spacial score (nSPS) is 23.6. The molecular weight excluding hydrogens is 304 g/mol. The van der Waals surface area contributed by atoms with Gasteiger partial charge in [-0.1, -0.05) is 15.9 Å². The molecule has 0 spiro atoms. The van der Waals surface area contributed by atoms with Gasteiger partial charge in [-0.2, -0.15) is 0 Å². The molecule has 1 unspecified atom stereocenters. The first kappa shape index (κ1) is 12.9. The lowest BCUT2D eigenvalue weighted by Crippen LogP contribution is -2.50. The maximum Gasteiger partial charge on any atom is 0.157 e. The van der Waals surface area contributed by atoms with Crippen LogP contribution in [0.1, 0.15) is 0 Å². The molecule has 1 aliphatic rings. The zero-order chi connectivity index (χ0) is 12.5. The number of nitrogens with two attached hydrogens (primary N) is 1. The Balaban J connectivity index is 2.17. The van der Waals surface area contributed by atoms with Gasteiger partial charge in [-0.25, -0.2) is 8.42 Å². The highest BCUT2D eigenvalue weighted by Gasteiger charge is 2.31. The second-order valence-electron chi connectivity index (χ2n) is 4.15. The molecule has 2 N–H and O–H groups in total. The molecule has 0 saturated carbocycles. The number of sulfone groups is 1. The Hall–Kier alpha value is -0.590. The van der Waals surface area contributed by atoms with E-state index in [1.54, 1.807) is 0 Å². The molecule has 0 radical (unpaired) electrons. The number of nitrogens with zero attached hydrogens (tertiary/aromatic N) is 1. The molecule has 94 valence electrons. The molecule has 1 aromatic rings. The molecule has 0 aromatic heterocycles. The van der Waals surface area contributed by atoms with E-state index in [1.807, 2.05) is 24.3 Å². The maximum atomic E-state index is 11.7. The van der Waals surface area contributed by atoms with Crippen LogP contribution >= 0.6 is 15.9 Å². The van der Waals surface area contributed by atoms with Crippen LogP contribution in [-0.4, -0.2) is 39.1 Å². The molecule has 0 aliphatic carbocycles. The van der Waals surface area contributed by atoms with Gasteiger partial charge in [-0.05, 0) is 24.3 Å². The Kier molecular flexibility index (Phi) is 3.75. The lowest BCUT2D eigenvalue weighted by atomic mass is 10.2. The first-order chi connectivity index (χ1) is 8.03. The molecule has 4 nitrogen and oxygen atoms in total. The third kappa shape index (κ3) is 2.81. The average Bonchev–Trinajstić information content (AvgIpc) is 2.30. The monoisotopic (exact) mass is 318 g/mol. The van der Waals surface area contributed by atoms with E-state index in [9.17, 15) is 8.42 Å². The topological polar surface area (TPSA) is 63.4 Å². The summed E-state index contributed by atoms with van der Waals surface area (Å²) in [5.74, 6) is 0.185. The maximum absolute atomic E-state index is 11.7. The van der Waals surface area contributed by atoms with Crippen LogP contribution < -0.4 is 10.6 Å². The molecular formula is C11H15BrN2O2S. The van der Waals surface area contributed by atoms with Crippen molar-refractivity contribution in [1.29, 1.82) is 0 Å². The summed E-state index contributed by atoms with van der Waals surface area (Å²) in [6, 6.07) is 7.87. The summed E-state index contributed by atoms with van der Waals surface area (Å²) in [7, 11) is -3.00.